The van der Waals surface area contributed by atoms with Crippen LogP contribution in [0.4, 0.5) is 26.3 Å². The van der Waals surface area contributed by atoms with Crippen LogP contribution < -0.4 is 5.73 Å². The predicted octanol–water partition coefficient (Wildman–Crippen LogP) is 4.62. The molecule has 0 aliphatic carbocycles. The van der Waals surface area contributed by atoms with E-state index >= 15 is 0 Å². The van der Waals surface area contributed by atoms with Crippen LogP contribution >= 0.6 is 0 Å². The van der Waals surface area contributed by atoms with Gasteiger partial charge in [-0.3, -0.25) is 10.2 Å². The van der Waals surface area contributed by atoms with Gasteiger partial charge in [-0.25, -0.2) is 19.6 Å². The fourth-order valence-corrected chi connectivity index (χ4v) is 3.39. The molecule has 0 saturated heterocycles. The lowest BCUT2D eigenvalue weighted by atomic mass is 9.97. The second kappa shape index (κ2) is 14.6. The molecule has 5 N–H and O–H groups in total. The van der Waals surface area contributed by atoms with Gasteiger partial charge in [-0.05, 0) is 41.8 Å². The Morgan fingerprint density at radius 3 is 1.79 bits per heavy atom. The standard InChI is InChI=1S/C23H21N5O.2C2HF3O2/c24-21(25)20-4-1-3-19(15-20)16-9-13-28(14-10-16)23(29)18-7-5-17(6-8-18)22-26-11-2-12-27-22;2*3-2(4,5)1(6)7/h1-9,11-12,15H,10,13-14H2,(H3,24,25);2*(H,6,7). The van der Waals surface area contributed by atoms with Gasteiger partial charge in [-0.1, -0.05) is 36.4 Å². The number of benzene rings is 2. The van der Waals surface area contributed by atoms with Crippen molar-refractivity contribution in [3.8, 4) is 11.4 Å². The van der Waals surface area contributed by atoms with Crippen molar-refractivity contribution in [2.24, 2.45) is 5.73 Å². The highest BCUT2D eigenvalue weighted by atomic mass is 19.4. The molecular formula is C27H23F6N5O5. The van der Waals surface area contributed by atoms with E-state index in [-0.39, 0.29) is 11.7 Å². The average Bonchev–Trinajstić information content (AvgIpc) is 2.97. The third kappa shape index (κ3) is 10.6. The average molecular weight is 611 g/mol. The Hall–Kier alpha value is -5.28. The maximum atomic E-state index is 12.9. The number of aromatic nitrogens is 2. The first-order valence-electron chi connectivity index (χ1n) is 11.9. The van der Waals surface area contributed by atoms with Crippen LogP contribution in [0.1, 0.15) is 27.9 Å². The molecule has 0 spiro atoms. The third-order valence-electron chi connectivity index (χ3n) is 5.48. The first-order chi connectivity index (χ1) is 20.0. The number of nitrogens with zero attached hydrogens (tertiary/aromatic N) is 3. The molecule has 0 radical (unpaired) electrons. The normalized spacial score (nSPS) is 12.9. The van der Waals surface area contributed by atoms with Crippen molar-refractivity contribution < 1.29 is 50.9 Å². The number of amidine groups is 1. The minimum Gasteiger partial charge on any atom is -0.475 e. The van der Waals surface area contributed by atoms with Gasteiger partial charge in [0.15, 0.2) is 5.82 Å². The van der Waals surface area contributed by atoms with E-state index in [1.807, 2.05) is 53.4 Å². The summed E-state index contributed by atoms with van der Waals surface area (Å²) in [4.78, 5) is 41.0. The van der Waals surface area contributed by atoms with Gasteiger partial charge in [0.1, 0.15) is 5.84 Å². The molecular weight excluding hydrogens is 588 g/mol. The van der Waals surface area contributed by atoms with E-state index in [0.717, 1.165) is 17.5 Å². The van der Waals surface area contributed by atoms with E-state index in [4.69, 9.17) is 30.9 Å². The van der Waals surface area contributed by atoms with E-state index in [0.29, 0.717) is 30.0 Å². The Kier molecular flexibility index (Phi) is 11.5. The fraction of sp³-hybridized carbons (Fsp3) is 0.185. The molecule has 2 aromatic carbocycles. The van der Waals surface area contributed by atoms with Crippen molar-refractivity contribution in [1.29, 1.82) is 5.41 Å². The topological polar surface area (TPSA) is 171 Å². The number of aliphatic carboxylic acids is 2. The van der Waals surface area contributed by atoms with Crippen LogP contribution in [0, 0.1) is 5.41 Å². The van der Waals surface area contributed by atoms with Crippen molar-refractivity contribution in [1.82, 2.24) is 14.9 Å². The highest BCUT2D eigenvalue weighted by molar-refractivity contribution is 5.96. The Labute approximate surface area is 239 Å². The second-order valence-corrected chi connectivity index (χ2v) is 8.48. The lowest BCUT2D eigenvalue weighted by Crippen LogP contribution is -2.34. The maximum absolute atomic E-state index is 12.9. The van der Waals surface area contributed by atoms with Crippen LogP contribution in [0.5, 0.6) is 0 Å². The quantitative estimate of drug-likeness (QED) is 0.188. The molecule has 2 heterocycles. The highest BCUT2D eigenvalue weighted by Crippen LogP contribution is 2.24. The Morgan fingerprint density at radius 2 is 1.35 bits per heavy atom. The summed E-state index contributed by atoms with van der Waals surface area (Å²) >= 11 is 0. The fourth-order valence-electron chi connectivity index (χ4n) is 3.39. The summed E-state index contributed by atoms with van der Waals surface area (Å²) in [5, 5.41) is 21.8. The number of nitrogens with two attached hydrogens (primary N) is 1. The molecule has 1 aliphatic heterocycles. The number of nitrogens with one attached hydrogen (secondary N) is 1. The van der Waals surface area contributed by atoms with Gasteiger partial charge in [0.2, 0.25) is 0 Å². The van der Waals surface area contributed by atoms with Crippen LogP contribution in [-0.2, 0) is 9.59 Å². The zero-order chi connectivity index (χ0) is 32.4. The molecule has 1 aliphatic rings. The molecule has 0 fully saturated rings. The molecule has 0 atom stereocenters. The highest BCUT2D eigenvalue weighted by Gasteiger charge is 2.38. The molecule has 3 aromatic rings. The summed E-state index contributed by atoms with van der Waals surface area (Å²) in [5.74, 6) is -4.80. The van der Waals surface area contributed by atoms with Crippen molar-refractivity contribution in [3.05, 3.63) is 89.8 Å². The zero-order valence-corrected chi connectivity index (χ0v) is 21.9. The summed E-state index contributed by atoms with van der Waals surface area (Å²) in [6.07, 6.45) is -3.92. The van der Waals surface area contributed by atoms with E-state index < -0.39 is 24.3 Å². The number of amides is 1. The third-order valence-corrected chi connectivity index (χ3v) is 5.48. The molecule has 0 unspecified atom stereocenters. The van der Waals surface area contributed by atoms with Crippen molar-refractivity contribution >= 4 is 29.3 Å². The van der Waals surface area contributed by atoms with E-state index in [9.17, 15) is 31.1 Å². The lowest BCUT2D eigenvalue weighted by molar-refractivity contribution is -0.193. The number of carboxylic acid groups (broad SMARTS) is 2. The van der Waals surface area contributed by atoms with Crippen molar-refractivity contribution in [2.75, 3.05) is 13.1 Å². The van der Waals surface area contributed by atoms with Gasteiger partial charge >= 0.3 is 24.3 Å². The van der Waals surface area contributed by atoms with Crippen LogP contribution in [0.3, 0.4) is 0 Å². The van der Waals surface area contributed by atoms with Crippen molar-refractivity contribution in [3.63, 3.8) is 0 Å². The van der Waals surface area contributed by atoms with Gasteiger partial charge in [0.05, 0.1) is 0 Å². The number of halogens is 6. The van der Waals surface area contributed by atoms with E-state index in [2.05, 4.69) is 16.0 Å². The molecule has 1 amide bonds. The van der Waals surface area contributed by atoms with Crippen LogP contribution in [0.15, 0.2) is 73.1 Å². The summed E-state index contributed by atoms with van der Waals surface area (Å²) in [6.45, 7) is 1.21. The largest absolute Gasteiger partial charge is 0.490 e. The summed E-state index contributed by atoms with van der Waals surface area (Å²) < 4.78 is 63.5. The number of carbonyl (C=O) groups is 3. The molecule has 0 saturated carbocycles. The van der Waals surface area contributed by atoms with Gasteiger partial charge in [0.25, 0.3) is 5.91 Å². The number of hydrogen-bond donors (Lipinski definition) is 4. The molecule has 4 rings (SSSR count). The van der Waals surface area contributed by atoms with Crippen LogP contribution in [0.25, 0.3) is 17.0 Å². The SMILES string of the molecule is N=C(N)c1cccc(C2=CCN(C(=O)c3ccc(-c4ncccn4)cc3)CC2)c1.O=C(O)C(F)(F)F.O=C(O)C(F)(F)F. The van der Waals surface area contributed by atoms with Gasteiger partial charge in [0, 0.05) is 42.2 Å². The van der Waals surface area contributed by atoms with Crippen LogP contribution in [-0.4, -0.2) is 74.2 Å². The van der Waals surface area contributed by atoms with Gasteiger partial charge < -0.3 is 20.8 Å². The zero-order valence-electron chi connectivity index (χ0n) is 21.9. The first kappa shape index (κ1) is 33.9. The molecule has 10 nitrogen and oxygen atoms in total. The van der Waals surface area contributed by atoms with E-state index in [1.165, 1.54) is 5.57 Å². The predicted molar refractivity (Wildman–Crippen MR) is 141 cm³/mol. The number of carbonyl (C=O) groups excluding carboxylic acids is 1. The Morgan fingerprint density at radius 1 is 0.814 bits per heavy atom. The molecule has 16 heteroatoms. The van der Waals surface area contributed by atoms with Gasteiger partial charge in [-0.15, -0.1) is 0 Å². The molecule has 0 bridgehead atoms. The summed E-state index contributed by atoms with van der Waals surface area (Å²) in [6, 6.07) is 16.8. The minimum atomic E-state index is -5.08. The maximum Gasteiger partial charge on any atom is 0.490 e. The van der Waals surface area contributed by atoms with Crippen molar-refractivity contribution in [2.45, 2.75) is 18.8 Å². The summed E-state index contributed by atoms with van der Waals surface area (Å²) in [7, 11) is 0. The number of alkyl halides is 6. The van der Waals surface area contributed by atoms with Crippen LogP contribution in [0.2, 0.25) is 0 Å². The lowest BCUT2D eigenvalue weighted by Gasteiger charge is -2.27. The smallest absolute Gasteiger partial charge is 0.475 e. The summed E-state index contributed by atoms with van der Waals surface area (Å²) in [5.41, 5.74) is 10.1. The Balaban J connectivity index is 0.000000384. The minimum absolute atomic E-state index is 0.0123. The van der Waals surface area contributed by atoms with Gasteiger partial charge in [-0.2, -0.15) is 26.3 Å². The Bertz CT molecular complexity index is 1450. The first-order valence-corrected chi connectivity index (χ1v) is 11.9. The molecule has 1 aromatic heterocycles. The molecule has 228 valence electrons. The number of hydrogen-bond acceptors (Lipinski definition) is 6. The second-order valence-electron chi connectivity index (χ2n) is 8.48. The number of nitrogen functional groups attached to an aromatic ring is 1. The number of carboxylic acids is 2. The van der Waals surface area contributed by atoms with E-state index in [1.54, 1.807) is 18.5 Å². The monoisotopic (exact) mass is 611 g/mol. The molecule has 43 heavy (non-hydrogen) atoms. The number of rotatable bonds is 4.